The number of nitrogens with zero attached hydrogens (tertiary/aromatic N) is 2. The number of halogens is 2. The highest BCUT2D eigenvalue weighted by Gasteiger charge is 2.30. The maximum absolute atomic E-state index is 14.2. The Hall–Kier alpha value is -4.34. The number of H-pyrrole nitrogens is 1. The van der Waals surface area contributed by atoms with Crippen molar-refractivity contribution in [3.8, 4) is 11.5 Å². The van der Waals surface area contributed by atoms with Crippen molar-refractivity contribution in [1.29, 1.82) is 0 Å². The van der Waals surface area contributed by atoms with Crippen molar-refractivity contribution in [3.05, 3.63) is 93.7 Å². The molecule has 2 atom stereocenters. The van der Waals surface area contributed by atoms with Crippen LogP contribution in [0.3, 0.4) is 0 Å². The van der Waals surface area contributed by atoms with E-state index < -0.39 is 40.8 Å². The number of carbonyl (C=O) groups is 1. The molecule has 0 aliphatic rings. The molecule has 0 unspecified atom stereocenters. The highest BCUT2D eigenvalue weighted by Crippen LogP contribution is 2.31. The molecule has 34 heavy (non-hydrogen) atoms. The van der Waals surface area contributed by atoms with Gasteiger partial charge < -0.3 is 20.5 Å². The molecule has 0 radical (unpaired) electrons. The minimum Gasteiger partial charge on any atom is -0.508 e. The summed E-state index contributed by atoms with van der Waals surface area (Å²) in [6.45, 7) is 1.46. The molecular formula is C24H20F2N4O4. The fourth-order valence-electron chi connectivity index (χ4n) is 3.76. The standard InChI is InChI=1S/C24H20F2N4O4/c1-12(20-17(26)10-14(25)11-28-20)29-23(33)16(9-13-4-6-15(31)7-5-13)19-22(32)21-18(30-24(19)34)3-2-8-27-21/h2-8,10-12,16,31H,9H2,1H3,(H,29,33)(H2,30,32,34)/t12-,16+/m0/s1. The number of pyridine rings is 3. The Morgan fingerprint density at radius 2 is 1.88 bits per heavy atom. The number of fused-ring (bicyclic) bond motifs is 1. The molecule has 1 aromatic carbocycles. The highest BCUT2D eigenvalue weighted by atomic mass is 19.1. The van der Waals surface area contributed by atoms with Gasteiger partial charge in [-0.05, 0) is 43.2 Å². The number of phenolic OH excluding ortho intramolecular Hbond substituents is 1. The van der Waals surface area contributed by atoms with Gasteiger partial charge in [0.1, 0.15) is 22.9 Å². The van der Waals surface area contributed by atoms with Crippen LogP contribution in [-0.4, -0.2) is 31.1 Å². The van der Waals surface area contributed by atoms with Crippen molar-refractivity contribution in [2.24, 2.45) is 0 Å². The number of hydrogen-bond acceptors (Lipinski definition) is 6. The first kappa shape index (κ1) is 22.8. The largest absolute Gasteiger partial charge is 0.508 e. The predicted molar refractivity (Wildman–Crippen MR) is 119 cm³/mol. The Bertz CT molecular complexity index is 1420. The Morgan fingerprint density at radius 3 is 2.59 bits per heavy atom. The van der Waals surface area contributed by atoms with Crippen molar-refractivity contribution in [2.45, 2.75) is 25.3 Å². The van der Waals surface area contributed by atoms with Gasteiger partial charge in [-0.3, -0.25) is 19.6 Å². The summed E-state index contributed by atoms with van der Waals surface area (Å²) in [5, 5.41) is 23.0. The molecule has 0 spiro atoms. The monoisotopic (exact) mass is 466 g/mol. The van der Waals surface area contributed by atoms with Gasteiger partial charge in [0.05, 0.1) is 34.9 Å². The molecular weight excluding hydrogens is 446 g/mol. The van der Waals surface area contributed by atoms with Crippen LogP contribution in [0.5, 0.6) is 11.5 Å². The minimum atomic E-state index is -1.20. The number of phenols is 1. The van der Waals surface area contributed by atoms with E-state index in [0.29, 0.717) is 17.1 Å². The van der Waals surface area contributed by atoms with E-state index in [-0.39, 0.29) is 28.9 Å². The summed E-state index contributed by atoms with van der Waals surface area (Å²) >= 11 is 0. The summed E-state index contributed by atoms with van der Waals surface area (Å²) in [5.74, 6) is -4.11. The molecule has 10 heteroatoms. The van der Waals surface area contributed by atoms with E-state index in [4.69, 9.17) is 0 Å². The topological polar surface area (TPSA) is 128 Å². The minimum absolute atomic E-state index is 0.0202. The van der Waals surface area contributed by atoms with Gasteiger partial charge in [-0.15, -0.1) is 0 Å². The molecule has 8 nitrogen and oxygen atoms in total. The molecule has 3 aromatic heterocycles. The lowest BCUT2D eigenvalue weighted by Crippen LogP contribution is -2.36. The van der Waals surface area contributed by atoms with Gasteiger partial charge >= 0.3 is 0 Å². The van der Waals surface area contributed by atoms with Crippen LogP contribution in [0.25, 0.3) is 11.0 Å². The third-order valence-electron chi connectivity index (χ3n) is 5.43. The average Bonchev–Trinajstić information content (AvgIpc) is 2.79. The Morgan fingerprint density at radius 1 is 1.15 bits per heavy atom. The molecule has 0 aliphatic heterocycles. The van der Waals surface area contributed by atoms with Crippen molar-refractivity contribution in [3.63, 3.8) is 0 Å². The van der Waals surface area contributed by atoms with E-state index in [1.807, 2.05) is 0 Å². The van der Waals surface area contributed by atoms with Crippen LogP contribution in [0.1, 0.15) is 35.7 Å². The van der Waals surface area contributed by atoms with Crippen LogP contribution in [0.2, 0.25) is 0 Å². The van der Waals surface area contributed by atoms with Crippen LogP contribution >= 0.6 is 0 Å². The molecule has 174 valence electrons. The van der Waals surface area contributed by atoms with Crippen molar-refractivity contribution >= 4 is 16.9 Å². The van der Waals surface area contributed by atoms with E-state index in [0.717, 1.165) is 6.20 Å². The first-order valence-electron chi connectivity index (χ1n) is 10.3. The Balaban J connectivity index is 1.75. The van der Waals surface area contributed by atoms with Gasteiger partial charge in [0.25, 0.3) is 5.56 Å². The number of benzene rings is 1. The molecule has 4 N–H and O–H groups in total. The summed E-state index contributed by atoms with van der Waals surface area (Å²) in [5.41, 5.74) is -0.0800. The number of carbonyl (C=O) groups excluding carboxylic acids is 1. The van der Waals surface area contributed by atoms with Gasteiger partial charge in [0, 0.05) is 12.3 Å². The lowest BCUT2D eigenvalue weighted by molar-refractivity contribution is -0.123. The molecule has 0 saturated heterocycles. The van der Waals surface area contributed by atoms with Crippen LogP contribution in [0.15, 0.2) is 59.7 Å². The van der Waals surface area contributed by atoms with Crippen LogP contribution < -0.4 is 10.9 Å². The van der Waals surface area contributed by atoms with Gasteiger partial charge in [-0.1, -0.05) is 12.1 Å². The predicted octanol–water partition coefficient (Wildman–Crippen LogP) is 3.21. The quantitative estimate of drug-likeness (QED) is 0.346. The summed E-state index contributed by atoms with van der Waals surface area (Å²) < 4.78 is 27.4. The Labute approximate surface area is 192 Å². The third-order valence-corrected chi connectivity index (χ3v) is 5.43. The molecule has 3 heterocycles. The van der Waals surface area contributed by atoms with Gasteiger partial charge in [-0.2, -0.15) is 0 Å². The number of aromatic amines is 1. The van der Waals surface area contributed by atoms with Crippen LogP contribution in [0.4, 0.5) is 8.78 Å². The first-order chi connectivity index (χ1) is 16.2. The molecule has 0 aliphatic carbocycles. The zero-order chi connectivity index (χ0) is 24.4. The second kappa shape index (κ2) is 9.26. The van der Waals surface area contributed by atoms with E-state index in [1.165, 1.54) is 25.3 Å². The number of rotatable bonds is 6. The lowest BCUT2D eigenvalue weighted by atomic mass is 9.90. The van der Waals surface area contributed by atoms with Crippen LogP contribution in [-0.2, 0) is 11.2 Å². The zero-order valence-electron chi connectivity index (χ0n) is 17.9. The molecule has 0 saturated carbocycles. The lowest BCUT2D eigenvalue weighted by Gasteiger charge is -2.21. The summed E-state index contributed by atoms with van der Waals surface area (Å²) in [4.78, 5) is 36.7. The number of aromatic hydroxyl groups is 2. The molecule has 1 amide bonds. The maximum atomic E-state index is 14.2. The molecule has 4 rings (SSSR count). The van der Waals surface area contributed by atoms with Crippen molar-refractivity contribution in [1.82, 2.24) is 20.3 Å². The van der Waals surface area contributed by atoms with E-state index >= 15 is 0 Å². The third kappa shape index (κ3) is 4.56. The molecule has 0 bridgehead atoms. The number of nitrogens with one attached hydrogen (secondary N) is 2. The molecule has 0 fully saturated rings. The Kier molecular flexibility index (Phi) is 6.22. The zero-order valence-corrected chi connectivity index (χ0v) is 17.9. The van der Waals surface area contributed by atoms with Gasteiger partial charge in [0.15, 0.2) is 5.75 Å². The fourth-order valence-corrected chi connectivity index (χ4v) is 3.76. The number of aromatic nitrogens is 3. The first-order valence-corrected chi connectivity index (χ1v) is 10.3. The summed E-state index contributed by atoms with van der Waals surface area (Å²) in [6, 6.07) is 8.85. The van der Waals surface area contributed by atoms with Crippen molar-refractivity contribution in [2.75, 3.05) is 0 Å². The van der Waals surface area contributed by atoms with E-state index in [2.05, 4.69) is 20.3 Å². The van der Waals surface area contributed by atoms with Gasteiger partial charge in [-0.25, -0.2) is 8.78 Å². The van der Waals surface area contributed by atoms with Crippen LogP contribution in [0, 0.1) is 11.6 Å². The smallest absolute Gasteiger partial charge is 0.256 e. The number of hydrogen-bond donors (Lipinski definition) is 4. The van der Waals surface area contributed by atoms with E-state index in [9.17, 15) is 28.6 Å². The summed E-state index contributed by atoms with van der Waals surface area (Å²) in [7, 11) is 0. The molecule has 4 aromatic rings. The van der Waals surface area contributed by atoms with E-state index in [1.54, 1.807) is 24.3 Å². The van der Waals surface area contributed by atoms with Crippen molar-refractivity contribution < 1.29 is 23.8 Å². The fraction of sp³-hybridized carbons (Fsp3) is 0.167. The number of amides is 1. The maximum Gasteiger partial charge on any atom is 0.256 e. The second-order valence-electron chi connectivity index (χ2n) is 7.79. The normalized spacial score (nSPS) is 12.9. The van der Waals surface area contributed by atoms with Gasteiger partial charge in [0.2, 0.25) is 5.91 Å². The highest BCUT2D eigenvalue weighted by molar-refractivity contribution is 5.89. The SMILES string of the molecule is C[C@H](NC(=O)[C@H](Cc1ccc(O)cc1)c1c(O)c2ncccc2[nH]c1=O)c1ncc(F)cc1F. The average molecular weight is 466 g/mol. The second-order valence-corrected chi connectivity index (χ2v) is 7.79. The summed E-state index contributed by atoms with van der Waals surface area (Å²) in [6.07, 6.45) is 2.25.